The van der Waals surface area contributed by atoms with Crippen LogP contribution in [0.5, 0.6) is 5.75 Å². The minimum atomic E-state index is -0.288. The van der Waals surface area contributed by atoms with Gasteiger partial charge in [-0.15, -0.1) is 0 Å². The number of nitrogens with zero attached hydrogens (tertiary/aromatic N) is 1. The number of nitro groups is 1. The van der Waals surface area contributed by atoms with Gasteiger partial charge >= 0.3 is 0 Å². The lowest BCUT2D eigenvalue weighted by Crippen LogP contribution is -2.48. The lowest BCUT2D eigenvalue weighted by Gasteiger charge is -2.57. The van der Waals surface area contributed by atoms with Gasteiger partial charge in [-0.2, -0.15) is 0 Å². The number of nitro benzene ring substituents is 1. The van der Waals surface area contributed by atoms with Crippen LogP contribution in [0, 0.1) is 27.9 Å². The predicted molar refractivity (Wildman–Crippen MR) is 79.5 cm³/mol. The molecule has 1 aromatic carbocycles. The number of ether oxygens (including phenoxy) is 1. The van der Waals surface area contributed by atoms with Crippen molar-refractivity contribution in [3.8, 4) is 5.75 Å². The van der Waals surface area contributed by atoms with E-state index in [-0.39, 0.29) is 16.0 Å². The van der Waals surface area contributed by atoms with Gasteiger partial charge in [-0.1, -0.05) is 0 Å². The molecule has 0 spiro atoms. The minimum absolute atomic E-state index is 0.131. The molecule has 0 amide bonds. The van der Waals surface area contributed by atoms with E-state index in [1.807, 2.05) is 0 Å². The molecule has 4 saturated carbocycles. The van der Waals surface area contributed by atoms with E-state index in [0.29, 0.717) is 0 Å². The molecule has 4 aliphatic rings. The van der Waals surface area contributed by atoms with Gasteiger partial charge in [-0.05, 0) is 62.3 Å². The first-order valence-electron chi connectivity index (χ1n) is 7.92. The Morgan fingerprint density at radius 1 is 1.14 bits per heavy atom. The summed E-state index contributed by atoms with van der Waals surface area (Å²) >= 11 is 0. The van der Waals surface area contributed by atoms with Crippen LogP contribution in [-0.4, -0.2) is 12.0 Å². The van der Waals surface area contributed by atoms with E-state index in [9.17, 15) is 10.1 Å². The summed E-state index contributed by atoms with van der Waals surface area (Å²) in [7, 11) is 1.67. The Balaban J connectivity index is 1.81. The zero-order valence-electron chi connectivity index (χ0n) is 12.4. The molecule has 4 aliphatic carbocycles. The molecule has 0 atom stereocenters. The van der Waals surface area contributed by atoms with Crippen molar-refractivity contribution in [3.05, 3.63) is 33.9 Å². The average Bonchev–Trinajstić information content (AvgIpc) is 2.45. The Hall–Kier alpha value is -1.58. The highest BCUT2D eigenvalue weighted by atomic mass is 16.6. The van der Waals surface area contributed by atoms with Crippen LogP contribution in [0.25, 0.3) is 0 Å². The Morgan fingerprint density at radius 2 is 1.71 bits per heavy atom. The van der Waals surface area contributed by atoms with Crippen molar-refractivity contribution in [2.75, 3.05) is 7.11 Å². The van der Waals surface area contributed by atoms with Crippen molar-refractivity contribution >= 4 is 5.69 Å². The van der Waals surface area contributed by atoms with Gasteiger partial charge in [0.15, 0.2) is 0 Å². The second kappa shape index (κ2) is 4.46. The fraction of sp³-hybridized carbons (Fsp3) is 0.647. The van der Waals surface area contributed by atoms with Crippen LogP contribution in [0.15, 0.2) is 18.2 Å². The summed E-state index contributed by atoms with van der Waals surface area (Å²) in [5.74, 6) is 3.29. The van der Waals surface area contributed by atoms with E-state index in [2.05, 4.69) is 0 Å². The van der Waals surface area contributed by atoms with Gasteiger partial charge in [-0.3, -0.25) is 10.1 Å². The lowest BCUT2D eigenvalue weighted by molar-refractivity contribution is -0.385. The molecule has 0 radical (unpaired) electrons. The second-order valence-corrected chi connectivity index (χ2v) is 7.34. The van der Waals surface area contributed by atoms with E-state index < -0.39 is 0 Å². The third-order valence-electron chi connectivity index (χ3n) is 6.00. The first-order chi connectivity index (χ1) is 10.1. The van der Waals surface area contributed by atoms with Gasteiger partial charge in [-0.25, -0.2) is 0 Å². The number of benzene rings is 1. The largest absolute Gasteiger partial charge is 0.496 e. The van der Waals surface area contributed by atoms with Gasteiger partial charge in [0.2, 0.25) is 0 Å². The minimum Gasteiger partial charge on any atom is -0.496 e. The van der Waals surface area contributed by atoms with E-state index in [4.69, 9.17) is 4.74 Å². The van der Waals surface area contributed by atoms with Crippen LogP contribution in [0.2, 0.25) is 0 Å². The van der Waals surface area contributed by atoms with E-state index in [1.165, 1.54) is 38.5 Å². The maximum atomic E-state index is 11.1. The molecule has 112 valence electrons. The maximum absolute atomic E-state index is 11.1. The highest BCUT2D eigenvalue weighted by Crippen LogP contribution is 2.62. The Morgan fingerprint density at radius 3 is 2.19 bits per heavy atom. The van der Waals surface area contributed by atoms with E-state index >= 15 is 0 Å². The molecule has 1 aromatic rings. The molecule has 0 aromatic heterocycles. The smallest absolute Gasteiger partial charge is 0.269 e. The highest BCUT2D eigenvalue weighted by molar-refractivity contribution is 5.49. The third-order valence-corrected chi connectivity index (χ3v) is 6.00. The topological polar surface area (TPSA) is 52.4 Å². The van der Waals surface area contributed by atoms with E-state index in [1.54, 1.807) is 25.3 Å². The molecule has 4 heteroatoms. The van der Waals surface area contributed by atoms with Crippen LogP contribution in [0.3, 0.4) is 0 Å². The molecule has 0 saturated heterocycles. The van der Waals surface area contributed by atoms with Gasteiger partial charge in [0, 0.05) is 23.1 Å². The molecule has 4 fully saturated rings. The molecule has 0 N–H and O–H groups in total. The monoisotopic (exact) mass is 287 g/mol. The lowest BCUT2D eigenvalue weighted by atomic mass is 9.48. The molecule has 0 heterocycles. The van der Waals surface area contributed by atoms with Gasteiger partial charge < -0.3 is 4.74 Å². The maximum Gasteiger partial charge on any atom is 0.269 e. The van der Waals surface area contributed by atoms with Crippen molar-refractivity contribution in [2.24, 2.45) is 17.8 Å². The van der Waals surface area contributed by atoms with E-state index in [0.717, 1.165) is 29.1 Å². The number of methoxy groups -OCH3 is 1. The van der Waals surface area contributed by atoms with Crippen LogP contribution in [0.4, 0.5) is 5.69 Å². The zero-order chi connectivity index (χ0) is 14.6. The average molecular weight is 287 g/mol. The summed E-state index contributed by atoms with van der Waals surface area (Å²) in [5.41, 5.74) is 1.42. The molecule has 4 nitrogen and oxygen atoms in total. The first kappa shape index (κ1) is 13.1. The van der Waals surface area contributed by atoms with Crippen LogP contribution >= 0.6 is 0 Å². The van der Waals surface area contributed by atoms with Crippen molar-refractivity contribution in [1.29, 1.82) is 0 Å². The number of hydrogen-bond donors (Lipinski definition) is 0. The number of hydrogen-bond acceptors (Lipinski definition) is 3. The third kappa shape index (κ3) is 1.95. The number of non-ortho nitro benzene ring substituents is 1. The standard InChI is InChI=1S/C17H21NO3/c1-21-16-3-2-14(18(19)20)7-15(16)17-8-11-4-12(9-17)6-13(5-11)10-17/h2-3,7,11-13H,4-6,8-10H2,1H3. The Bertz CT molecular complexity index is 560. The van der Waals surface area contributed by atoms with Crippen molar-refractivity contribution in [1.82, 2.24) is 0 Å². The SMILES string of the molecule is COc1ccc([N+](=O)[O-])cc1C12CC3CC(CC(C3)C1)C2. The van der Waals surface area contributed by atoms with Crippen molar-refractivity contribution < 1.29 is 9.66 Å². The summed E-state index contributed by atoms with van der Waals surface area (Å²) in [5, 5.41) is 11.1. The summed E-state index contributed by atoms with van der Waals surface area (Å²) < 4.78 is 5.55. The highest BCUT2D eigenvalue weighted by Gasteiger charge is 2.52. The van der Waals surface area contributed by atoms with Crippen LogP contribution in [0.1, 0.15) is 44.1 Å². The molecule has 21 heavy (non-hydrogen) atoms. The quantitative estimate of drug-likeness (QED) is 0.622. The molecule has 5 rings (SSSR count). The van der Waals surface area contributed by atoms with Crippen molar-refractivity contribution in [3.63, 3.8) is 0 Å². The summed E-state index contributed by atoms with van der Waals surface area (Å²) in [4.78, 5) is 10.9. The van der Waals surface area contributed by atoms with Gasteiger partial charge in [0.1, 0.15) is 5.75 Å². The Labute approximate surface area is 124 Å². The molecular formula is C17H21NO3. The van der Waals surface area contributed by atoms with Crippen LogP contribution < -0.4 is 4.74 Å². The molecule has 0 aliphatic heterocycles. The molecule has 4 bridgehead atoms. The summed E-state index contributed by atoms with van der Waals surface area (Å²) in [6.07, 6.45) is 7.69. The van der Waals surface area contributed by atoms with Crippen LogP contribution in [-0.2, 0) is 5.41 Å². The second-order valence-electron chi connectivity index (χ2n) is 7.34. The first-order valence-corrected chi connectivity index (χ1v) is 7.92. The molecule has 0 unspecified atom stereocenters. The fourth-order valence-corrected chi connectivity index (χ4v) is 5.66. The van der Waals surface area contributed by atoms with Crippen molar-refractivity contribution in [2.45, 2.75) is 43.9 Å². The zero-order valence-corrected chi connectivity index (χ0v) is 12.4. The fourth-order valence-electron chi connectivity index (χ4n) is 5.66. The van der Waals surface area contributed by atoms with Gasteiger partial charge in [0.25, 0.3) is 5.69 Å². The summed E-state index contributed by atoms with van der Waals surface area (Å²) in [6.45, 7) is 0. The molecular weight excluding hydrogens is 266 g/mol. The number of rotatable bonds is 3. The summed E-state index contributed by atoms with van der Waals surface area (Å²) in [6, 6.07) is 5.13. The normalized spacial score (nSPS) is 36.7. The predicted octanol–water partition coefficient (Wildman–Crippen LogP) is 4.07. The Kier molecular flexibility index (Phi) is 2.78. The van der Waals surface area contributed by atoms with Gasteiger partial charge in [0.05, 0.1) is 12.0 Å².